The van der Waals surface area contributed by atoms with E-state index in [2.05, 4.69) is 16.4 Å². The molecule has 0 radical (unpaired) electrons. The fourth-order valence-corrected chi connectivity index (χ4v) is 3.58. The Morgan fingerprint density at radius 3 is 2.76 bits per heavy atom. The van der Waals surface area contributed by atoms with Gasteiger partial charge in [-0.3, -0.25) is 9.48 Å². The van der Waals surface area contributed by atoms with Crippen molar-refractivity contribution in [3.05, 3.63) is 24.0 Å². The molecule has 7 nitrogen and oxygen atoms in total. The lowest BCUT2D eigenvalue weighted by Gasteiger charge is -2.18. The Kier molecular flexibility index (Phi) is 4.20. The van der Waals surface area contributed by atoms with Gasteiger partial charge in [-0.1, -0.05) is 12.2 Å². The third kappa shape index (κ3) is 3.01. The number of carbonyl (C=O) groups excluding carboxylic acids is 1. The highest BCUT2D eigenvalue weighted by Crippen LogP contribution is 2.26. The van der Waals surface area contributed by atoms with Crippen molar-refractivity contribution < 1.29 is 17.9 Å². The Bertz CT molecular complexity index is 678. The third-order valence-electron chi connectivity index (χ3n) is 3.63. The van der Waals surface area contributed by atoms with Crippen LogP contribution in [-0.4, -0.2) is 36.8 Å². The molecule has 1 saturated heterocycles. The van der Waals surface area contributed by atoms with Crippen molar-refractivity contribution in [1.82, 2.24) is 14.5 Å². The Morgan fingerprint density at radius 1 is 1.57 bits per heavy atom. The first kappa shape index (κ1) is 15.7. The summed E-state index contributed by atoms with van der Waals surface area (Å²) in [6.45, 7) is 7.58. The van der Waals surface area contributed by atoms with Gasteiger partial charge in [0.2, 0.25) is 5.91 Å². The predicted molar refractivity (Wildman–Crippen MR) is 75.9 cm³/mol. The van der Waals surface area contributed by atoms with Crippen molar-refractivity contribution >= 4 is 15.9 Å². The molecule has 2 rings (SSSR count). The molecular formula is C13H19N3O4S. The molecule has 0 aliphatic carbocycles. The number of nitrogens with zero attached hydrogens (tertiary/aromatic N) is 2. The fraction of sp³-hybridized carbons (Fsp3) is 0.538. The molecule has 0 aromatic carbocycles. The van der Waals surface area contributed by atoms with E-state index >= 15 is 0 Å². The highest BCUT2D eigenvalue weighted by atomic mass is 32.2. The zero-order valence-electron chi connectivity index (χ0n) is 12.3. The monoisotopic (exact) mass is 313 g/mol. The molecule has 1 aromatic rings. The van der Waals surface area contributed by atoms with Crippen LogP contribution >= 0.6 is 0 Å². The third-order valence-corrected chi connectivity index (χ3v) is 5.08. The van der Waals surface area contributed by atoms with Crippen molar-refractivity contribution in [2.75, 3.05) is 6.61 Å². The van der Waals surface area contributed by atoms with Gasteiger partial charge in [-0.05, 0) is 20.3 Å². The summed E-state index contributed by atoms with van der Waals surface area (Å²) in [5.41, 5.74) is 1.18. The van der Waals surface area contributed by atoms with Crippen molar-refractivity contribution in [3.63, 3.8) is 0 Å². The lowest BCUT2D eigenvalue weighted by Crippen LogP contribution is -2.39. The molecule has 1 N–H and O–H groups in total. The molecular weight excluding hydrogens is 294 g/mol. The van der Waals surface area contributed by atoms with Crippen LogP contribution in [0.25, 0.3) is 0 Å². The molecule has 1 aliphatic rings. The quantitative estimate of drug-likeness (QED) is 0.818. The van der Waals surface area contributed by atoms with E-state index in [0.717, 1.165) is 0 Å². The molecule has 1 aliphatic heterocycles. The summed E-state index contributed by atoms with van der Waals surface area (Å²) < 4.78 is 33.5. The van der Waals surface area contributed by atoms with Crippen LogP contribution in [0.2, 0.25) is 0 Å². The molecule has 21 heavy (non-hydrogen) atoms. The van der Waals surface area contributed by atoms with Gasteiger partial charge >= 0.3 is 0 Å². The van der Waals surface area contributed by atoms with Crippen molar-refractivity contribution in [2.24, 2.45) is 13.0 Å². The molecule has 116 valence electrons. The van der Waals surface area contributed by atoms with Crippen LogP contribution in [0.1, 0.15) is 19.0 Å². The van der Waals surface area contributed by atoms with Crippen LogP contribution in [0.15, 0.2) is 23.2 Å². The maximum absolute atomic E-state index is 12.3. The second-order valence-electron chi connectivity index (χ2n) is 5.22. The number of aromatic nitrogens is 2. The molecule has 1 aromatic heterocycles. The molecule has 1 fully saturated rings. The molecule has 0 spiro atoms. The van der Waals surface area contributed by atoms with Crippen LogP contribution < -0.4 is 4.72 Å². The van der Waals surface area contributed by atoms with Gasteiger partial charge in [0, 0.05) is 13.7 Å². The van der Waals surface area contributed by atoms with Crippen LogP contribution in [0.3, 0.4) is 0 Å². The summed E-state index contributed by atoms with van der Waals surface area (Å²) in [4.78, 5) is 12.2. The van der Waals surface area contributed by atoms with Gasteiger partial charge in [-0.25, -0.2) is 13.1 Å². The van der Waals surface area contributed by atoms with E-state index in [4.69, 9.17) is 4.74 Å². The summed E-state index contributed by atoms with van der Waals surface area (Å²) in [6, 6.07) is 0. The van der Waals surface area contributed by atoms with Crippen molar-refractivity contribution in [3.8, 4) is 0 Å². The standard InChI is InChI=1S/C13H19N3O4S/c1-8(2)12-10(5-6-20-12)13(17)15-21(18,19)11-7-14-16(4)9(11)3/h7,10,12H,1,5-6H2,2-4H3,(H,15,17)/t10-,12-/m0/s1. The highest BCUT2D eigenvalue weighted by Gasteiger charge is 2.36. The Hall–Kier alpha value is -1.67. The number of sulfonamides is 1. The van der Waals surface area contributed by atoms with E-state index in [0.29, 0.717) is 24.3 Å². The fourth-order valence-electron chi connectivity index (χ4n) is 2.35. The SMILES string of the molecule is C=C(C)[C@@H]1OCC[C@@H]1C(=O)NS(=O)(=O)c1cnn(C)c1C. The number of aryl methyl sites for hydroxylation is 1. The topological polar surface area (TPSA) is 90.3 Å². The van der Waals surface area contributed by atoms with Crippen LogP contribution in [0.5, 0.6) is 0 Å². The number of hydrogen-bond acceptors (Lipinski definition) is 5. The summed E-state index contributed by atoms with van der Waals surface area (Å²) >= 11 is 0. The molecule has 8 heteroatoms. The van der Waals surface area contributed by atoms with E-state index < -0.39 is 28.0 Å². The predicted octanol–water partition coefficient (Wildman–Crippen LogP) is 0.515. The minimum absolute atomic E-state index is 0.00383. The van der Waals surface area contributed by atoms with Gasteiger partial charge in [-0.2, -0.15) is 5.10 Å². The summed E-state index contributed by atoms with van der Waals surface area (Å²) in [5.74, 6) is -1.10. The number of carbonyl (C=O) groups is 1. The zero-order valence-corrected chi connectivity index (χ0v) is 13.1. The largest absolute Gasteiger partial charge is 0.373 e. The smallest absolute Gasteiger partial charge is 0.267 e. The molecule has 1 amide bonds. The Labute approximate surface area is 124 Å². The van der Waals surface area contributed by atoms with E-state index in [9.17, 15) is 13.2 Å². The van der Waals surface area contributed by atoms with Crippen molar-refractivity contribution in [1.29, 1.82) is 0 Å². The molecule has 0 saturated carbocycles. The van der Waals surface area contributed by atoms with Gasteiger partial charge in [0.25, 0.3) is 10.0 Å². The summed E-state index contributed by atoms with van der Waals surface area (Å²) in [7, 11) is -2.29. The minimum Gasteiger partial charge on any atom is -0.373 e. The normalized spacial score (nSPS) is 22.2. The number of hydrogen-bond donors (Lipinski definition) is 1. The van der Waals surface area contributed by atoms with Crippen molar-refractivity contribution in [2.45, 2.75) is 31.3 Å². The van der Waals surface area contributed by atoms with E-state index in [-0.39, 0.29) is 4.90 Å². The lowest BCUT2D eigenvalue weighted by atomic mass is 9.96. The van der Waals surface area contributed by atoms with Gasteiger partial charge in [0.1, 0.15) is 4.90 Å². The first-order valence-corrected chi connectivity index (χ1v) is 8.04. The molecule has 2 atom stereocenters. The molecule has 2 heterocycles. The van der Waals surface area contributed by atoms with Crippen LogP contribution in [0.4, 0.5) is 0 Å². The Balaban J connectivity index is 2.19. The molecule has 0 unspecified atom stereocenters. The zero-order chi connectivity index (χ0) is 15.8. The van der Waals surface area contributed by atoms with Gasteiger partial charge in [0.15, 0.2) is 0 Å². The van der Waals surface area contributed by atoms with Gasteiger partial charge in [-0.15, -0.1) is 0 Å². The number of rotatable bonds is 4. The van der Waals surface area contributed by atoms with Crippen LogP contribution in [0, 0.1) is 12.8 Å². The minimum atomic E-state index is -3.92. The second-order valence-corrected chi connectivity index (χ2v) is 6.87. The summed E-state index contributed by atoms with van der Waals surface area (Å²) in [5, 5.41) is 3.88. The van der Waals surface area contributed by atoms with Gasteiger partial charge < -0.3 is 4.74 Å². The van der Waals surface area contributed by atoms with Gasteiger partial charge in [0.05, 0.1) is 23.9 Å². The van der Waals surface area contributed by atoms with Crippen LogP contribution in [-0.2, 0) is 26.6 Å². The molecule has 0 bridgehead atoms. The lowest BCUT2D eigenvalue weighted by molar-refractivity contribution is -0.124. The second kappa shape index (κ2) is 5.61. The maximum Gasteiger partial charge on any atom is 0.267 e. The van der Waals surface area contributed by atoms with E-state index in [1.165, 1.54) is 10.9 Å². The average molecular weight is 313 g/mol. The number of amides is 1. The first-order valence-electron chi connectivity index (χ1n) is 6.56. The average Bonchev–Trinajstić information content (AvgIpc) is 2.97. The summed E-state index contributed by atoms with van der Waals surface area (Å²) in [6.07, 6.45) is 1.27. The first-order chi connectivity index (χ1) is 9.74. The number of nitrogens with one attached hydrogen (secondary N) is 1. The Morgan fingerprint density at radius 2 is 2.24 bits per heavy atom. The van der Waals surface area contributed by atoms with E-state index in [1.54, 1.807) is 20.9 Å². The highest BCUT2D eigenvalue weighted by molar-refractivity contribution is 7.90. The van der Waals surface area contributed by atoms with E-state index in [1.807, 2.05) is 0 Å². The number of ether oxygens (including phenoxy) is 1. The maximum atomic E-state index is 12.3.